The zero-order chi connectivity index (χ0) is 10.1. The van der Waals surface area contributed by atoms with Crippen LogP contribution in [-0.4, -0.2) is 4.98 Å². The first-order valence-corrected chi connectivity index (χ1v) is 4.47. The number of rotatable bonds is 1. The van der Waals surface area contributed by atoms with E-state index in [0.717, 1.165) is 6.07 Å². The van der Waals surface area contributed by atoms with Crippen LogP contribution in [-0.2, 0) is 12.6 Å². The maximum Gasteiger partial charge on any atom is 0.418 e. The SMILES string of the molecule is CCc1nc(Br)ccc1C(F)(F)F. The van der Waals surface area contributed by atoms with E-state index in [9.17, 15) is 13.2 Å². The first-order valence-electron chi connectivity index (χ1n) is 3.67. The normalized spacial score (nSPS) is 11.8. The van der Waals surface area contributed by atoms with E-state index in [1.165, 1.54) is 6.07 Å². The summed E-state index contributed by atoms with van der Waals surface area (Å²) in [4.78, 5) is 3.75. The van der Waals surface area contributed by atoms with Gasteiger partial charge in [-0.25, -0.2) is 4.98 Å². The first kappa shape index (κ1) is 10.5. The van der Waals surface area contributed by atoms with E-state index < -0.39 is 11.7 Å². The second kappa shape index (κ2) is 3.65. The highest BCUT2D eigenvalue weighted by molar-refractivity contribution is 9.10. The van der Waals surface area contributed by atoms with Crippen molar-refractivity contribution in [3.63, 3.8) is 0 Å². The van der Waals surface area contributed by atoms with Gasteiger partial charge in [0.2, 0.25) is 0 Å². The summed E-state index contributed by atoms with van der Waals surface area (Å²) >= 11 is 3.03. The molecule has 0 saturated carbocycles. The molecule has 0 bridgehead atoms. The Hall–Kier alpha value is -0.580. The molecule has 0 radical (unpaired) electrons. The number of aryl methyl sites for hydroxylation is 1. The van der Waals surface area contributed by atoms with E-state index >= 15 is 0 Å². The predicted octanol–water partition coefficient (Wildman–Crippen LogP) is 3.43. The molecule has 1 rings (SSSR count). The van der Waals surface area contributed by atoms with Crippen molar-refractivity contribution in [2.24, 2.45) is 0 Å². The van der Waals surface area contributed by atoms with Crippen LogP contribution in [0.25, 0.3) is 0 Å². The summed E-state index contributed by atoms with van der Waals surface area (Å²) in [5, 5.41) is 0. The lowest BCUT2D eigenvalue weighted by Gasteiger charge is -2.10. The van der Waals surface area contributed by atoms with Crippen LogP contribution >= 0.6 is 15.9 Å². The Kier molecular flexibility index (Phi) is 2.95. The van der Waals surface area contributed by atoms with E-state index in [-0.39, 0.29) is 12.1 Å². The monoisotopic (exact) mass is 253 g/mol. The molecule has 0 aromatic carbocycles. The fraction of sp³-hybridized carbons (Fsp3) is 0.375. The second-order valence-electron chi connectivity index (χ2n) is 2.48. The molecule has 0 atom stereocenters. The molecular weight excluding hydrogens is 247 g/mol. The molecule has 1 nitrogen and oxygen atoms in total. The zero-order valence-corrected chi connectivity index (χ0v) is 8.41. The first-order chi connectivity index (χ1) is 5.95. The molecule has 5 heteroatoms. The Bertz CT molecular complexity index is 309. The predicted molar refractivity (Wildman–Crippen MR) is 46.3 cm³/mol. The average molecular weight is 254 g/mol. The minimum absolute atomic E-state index is 0.0712. The lowest BCUT2D eigenvalue weighted by Crippen LogP contribution is -2.10. The summed E-state index contributed by atoms with van der Waals surface area (Å²) in [6, 6.07) is 2.33. The van der Waals surface area contributed by atoms with Gasteiger partial charge in [0.25, 0.3) is 0 Å². The van der Waals surface area contributed by atoms with Gasteiger partial charge >= 0.3 is 6.18 Å². The van der Waals surface area contributed by atoms with Crippen molar-refractivity contribution in [2.75, 3.05) is 0 Å². The van der Waals surface area contributed by atoms with Gasteiger partial charge in [0.1, 0.15) is 4.60 Å². The molecular formula is C8H7BrF3N. The van der Waals surface area contributed by atoms with Gasteiger partial charge in [-0.3, -0.25) is 0 Å². The van der Waals surface area contributed by atoms with Crippen LogP contribution < -0.4 is 0 Å². The number of halogens is 4. The summed E-state index contributed by atoms with van der Waals surface area (Å²) < 4.78 is 37.4. The van der Waals surface area contributed by atoms with E-state index in [1.54, 1.807) is 6.92 Å². The van der Waals surface area contributed by atoms with Crippen LogP contribution in [0.3, 0.4) is 0 Å². The molecule has 72 valence electrons. The third-order valence-corrected chi connectivity index (χ3v) is 2.02. The van der Waals surface area contributed by atoms with Gasteiger partial charge < -0.3 is 0 Å². The molecule has 0 N–H and O–H groups in total. The van der Waals surface area contributed by atoms with Crippen molar-refractivity contribution in [2.45, 2.75) is 19.5 Å². The number of hydrogen-bond donors (Lipinski definition) is 0. The minimum atomic E-state index is -4.31. The van der Waals surface area contributed by atoms with Gasteiger partial charge in [0.05, 0.1) is 11.3 Å². The molecule has 0 fully saturated rings. The maximum atomic E-state index is 12.3. The Balaban J connectivity index is 3.22. The van der Waals surface area contributed by atoms with Crippen molar-refractivity contribution < 1.29 is 13.2 Å². The third-order valence-electron chi connectivity index (χ3n) is 1.58. The van der Waals surface area contributed by atoms with Crippen LogP contribution in [0.2, 0.25) is 0 Å². The van der Waals surface area contributed by atoms with Gasteiger partial charge in [0.15, 0.2) is 0 Å². The summed E-state index contributed by atoms with van der Waals surface area (Å²) in [5.74, 6) is 0. The molecule has 0 unspecified atom stereocenters. The van der Waals surface area contributed by atoms with Crippen molar-refractivity contribution in [3.8, 4) is 0 Å². The molecule has 13 heavy (non-hydrogen) atoms. The van der Waals surface area contributed by atoms with E-state index in [1.807, 2.05) is 0 Å². The van der Waals surface area contributed by atoms with Gasteiger partial charge in [-0.1, -0.05) is 6.92 Å². The van der Waals surface area contributed by atoms with Crippen molar-refractivity contribution in [1.82, 2.24) is 4.98 Å². The van der Waals surface area contributed by atoms with E-state index in [0.29, 0.717) is 4.60 Å². The highest BCUT2D eigenvalue weighted by atomic mass is 79.9. The molecule has 0 saturated heterocycles. The molecule has 1 aromatic rings. The summed E-state index contributed by atoms with van der Waals surface area (Å²) in [5.41, 5.74) is -0.583. The van der Waals surface area contributed by atoms with Crippen LogP contribution in [0.1, 0.15) is 18.2 Å². The van der Waals surface area contributed by atoms with Crippen LogP contribution in [0.5, 0.6) is 0 Å². The zero-order valence-electron chi connectivity index (χ0n) is 6.82. The van der Waals surface area contributed by atoms with Crippen LogP contribution in [0.15, 0.2) is 16.7 Å². The number of alkyl halides is 3. The number of aromatic nitrogens is 1. The second-order valence-corrected chi connectivity index (χ2v) is 3.29. The molecule has 0 amide bonds. The van der Waals surface area contributed by atoms with Crippen molar-refractivity contribution >= 4 is 15.9 Å². The van der Waals surface area contributed by atoms with Crippen LogP contribution in [0.4, 0.5) is 13.2 Å². The molecule has 1 heterocycles. The van der Waals surface area contributed by atoms with E-state index in [4.69, 9.17) is 0 Å². The maximum absolute atomic E-state index is 12.3. The molecule has 0 aliphatic heterocycles. The lowest BCUT2D eigenvalue weighted by molar-refractivity contribution is -0.138. The average Bonchev–Trinajstić information content (AvgIpc) is 2.01. The van der Waals surface area contributed by atoms with Gasteiger partial charge in [-0.15, -0.1) is 0 Å². The molecule has 0 aliphatic carbocycles. The topological polar surface area (TPSA) is 12.9 Å². The fourth-order valence-electron chi connectivity index (χ4n) is 1.00. The van der Waals surface area contributed by atoms with Gasteiger partial charge in [-0.2, -0.15) is 13.2 Å². The Morgan fingerprint density at radius 1 is 1.38 bits per heavy atom. The summed E-state index contributed by atoms with van der Waals surface area (Å²) in [7, 11) is 0. The molecule has 0 aliphatic rings. The number of nitrogens with zero attached hydrogens (tertiary/aromatic N) is 1. The summed E-state index contributed by atoms with van der Waals surface area (Å²) in [6.07, 6.45) is -4.03. The smallest absolute Gasteiger partial charge is 0.245 e. The number of hydrogen-bond acceptors (Lipinski definition) is 1. The Morgan fingerprint density at radius 2 is 2.00 bits per heavy atom. The third kappa shape index (κ3) is 2.43. The standard InChI is InChI=1S/C8H7BrF3N/c1-2-6-5(8(10,11)12)3-4-7(9)13-6/h3-4H,2H2,1H3. The highest BCUT2D eigenvalue weighted by Gasteiger charge is 2.33. The van der Waals surface area contributed by atoms with Crippen LogP contribution in [0, 0.1) is 0 Å². The Morgan fingerprint density at radius 3 is 2.46 bits per heavy atom. The Labute approximate surface area is 82.1 Å². The minimum Gasteiger partial charge on any atom is -0.245 e. The highest BCUT2D eigenvalue weighted by Crippen LogP contribution is 2.32. The van der Waals surface area contributed by atoms with Gasteiger partial charge in [-0.05, 0) is 34.5 Å². The molecule has 0 spiro atoms. The lowest BCUT2D eigenvalue weighted by atomic mass is 10.1. The van der Waals surface area contributed by atoms with Crippen molar-refractivity contribution in [1.29, 1.82) is 0 Å². The van der Waals surface area contributed by atoms with E-state index in [2.05, 4.69) is 20.9 Å². The largest absolute Gasteiger partial charge is 0.418 e. The van der Waals surface area contributed by atoms with Crippen molar-refractivity contribution in [3.05, 3.63) is 28.0 Å². The number of pyridine rings is 1. The quantitative estimate of drug-likeness (QED) is 0.699. The van der Waals surface area contributed by atoms with Gasteiger partial charge in [0, 0.05) is 0 Å². The molecule has 1 aromatic heterocycles. The summed E-state index contributed by atoms with van der Waals surface area (Å²) in [6.45, 7) is 1.64. The fourth-order valence-corrected chi connectivity index (χ4v) is 1.35.